The monoisotopic (exact) mass is 276 g/mol. The number of amides is 2. The van der Waals surface area contributed by atoms with E-state index in [0.717, 1.165) is 10.2 Å². The lowest BCUT2D eigenvalue weighted by Crippen LogP contribution is -2.38. The van der Waals surface area contributed by atoms with Crippen LogP contribution in [-0.2, 0) is 17.9 Å². The third-order valence-electron chi connectivity index (χ3n) is 2.29. The molecule has 2 aromatic rings. The first kappa shape index (κ1) is 13.5. The van der Waals surface area contributed by atoms with Gasteiger partial charge in [0.05, 0.1) is 0 Å². The van der Waals surface area contributed by atoms with Crippen molar-refractivity contribution in [3.8, 4) is 0 Å². The second-order valence-corrected chi connectivity index (χ2v) is 3.89. The summed E-state index contributed by atoms with van der Waals surface area (Å²) in [7, 11) is 0. The van der Waals surface area contributed by atoms with Crippen molar-refractivity contribution in [1.29, 1.82) is 0 Å². The van der Waals surface area contributed by atoms with Gasteiger partial charge in [-0.1, -0.05) is 30.3 Å². The van der Waals surface area contributed by atoms with Crippen LogP contribution in [0.2, 0.25) is 0 Å². The van der Waals surface area contributed by atoms with Gasteiger partial charge in [-0.25, -0.2) is 4.79 Å². The molecule has 8 heteroatoms. The molecule has 104 valence electrons. The summed E-state index contributed by atoms with van der Waals surface area (Å²) in [5.41, 5.74) is 0.939. The van der Waals surface area contributed by atoms with Crippen LogP contribution in [0.5, 0.6) is 0 Å². The Bertz CT molecular complexity index is 597. The highest BCUT2D eigenvalue weighted by atomic mass is 16.5. The number of urea groups is 1. The minimum Gasteiger partial charge on any atom is -0.476 e. The molecule has 20 heavy (non-hydrogen) atoms. The fraction of sp³-hybridized carbons (Fsp3) is 0.167. The van der Waals surface area contributed by atoms with Crippen LogP contribution >= 0.6 is 0 Å². The first-order chi connectivity index (χ1) is 9.63. The van der Waals surface area contributed by atoms with Gasteiger partial charge in [-0.15, -0.1) is 0 Å². The van der Waals surface area contributed by atoms with E-state index in [4.69, 9.17) is 9.63 Å². The second kappa shape index (κ2) is 6.32. The molecule has 0 aliphatic carbocycles. The number of aromatic nitrogens is 2. The molecule has 0 spiro atoms. The maximum Gasteiger partial charge on any atom is 0.372 e. The van der Waals surface area contributed by atoms with Gasteiger partial charge in [-0.2, -0.15) is 0 Å². The second-order valence-electron chi connectivity index (χ2n) is 3.89. The minimum absolute atomic E-state index is 0.0585. The highest BCUT2D eigenvalue weighted by Gasteiger charge is 2.13. The molecule has 1 heterocycles. The lowest BCUT2D eigenvalue weighted by molar-refractivity contribution is -0.752. The molecule has 0 unspecified atom stereocenters. The zero-order valence-corrected chi connectivity index (χ0v) is 10.4. The Morgan fingerprint density at radius 1 is 1.35 bits per heavy atom. The molecule has 1 aromatic carbocycles. The van der Waals surface area contributed by atoms with Gasteiger partial charge >= 0.3 is 5.97 Å². The van der Waals surface area contributed by atoms with E-state index in [1.54, 1.807) is 0 Å². The molecular weight excluding hydrogens is 264 g/mol. The predicted molar refractivity (Wildman–Crippen MR) is 66.0 cm³/mol. The number of nitrogens with zero attached hydrogens (tertiary/aromatic N) is 3. The lowest BCUT2D eigenvalue weighted by atomic mass is 10.2. The van der Waals surface area contributed by atoms with E-state index in [9.17, 15) is 9.59 Å². The fourth-order valence-electron chi connectivity index (χ4n) is 1.44. The fourth-order valence-corrected chi connectivity index (χ4v) is 1.44. The first-order valence-electron chi connectivity index (χ1n) is 5.75. The van der Waals surface area contributed by atoms with Gasteiger partial charge in [0.15, 0.2) is 11.3 Å². The van der Waals surface area contributed by atoms with Crippen LogP contribution < -0.4 is 10.00 Å². The third-order valence-corrected chi connectivity index (χ3v) is 2.29. The highest BCUT2D eigenvalue weighted by molar-refractivity contribution is 5.93. The summed E-state index contributed by atoms with van der Waals surface area (Å²) < 4.78 is 5.74. The smallest absolute Gasteiger partial charge is 0.372 e. The van der Waals surface area contributed by atoms with Crippen LogP contribution in [0.3, 0.4) is 0 Å². The Balaban J connectivity index is 1.82. The molecule has 2 N–H and O–H groups in total. The predicted octanol–water partition coefficient (Wildman–Crippen LogP) is 0.962. The largest absolute Gasteiger partial charge is 0.476 e. The number of carboxylic acid groups (broad SMARTS) is 1. The number of rotatable bonds is 5. The van der Waals surface area contributed by atoms with Gasteiger partial charge < -0.3 is 20.3 Å². The minimum atomic E-state index is -1.07. The standard InChI is InChI=1S/C12H12N4O4/c17-11(18)8-16-7-10(20-15-16)14-12(19)13-6-9-4-2-1-3-5-9/h1-5,7H,6,8H2,(H2-,13,14,15,17,18,19). The van der Waals surface area contributed by atoms with E-state index >= 15 is 0 Å². The zero-order valence-electron chi connectivity index (χ0n) is 10.4. The third kappa shape index (κ3) is 4.09. The molecule has 0 saturated carbocycles. The van der Waals surface area contributed by atoms with Crippen molar-refractivity contribution < 1.29 is 23.9 Å². The van der Waals surface area contributed by atoms with E-state index < -0.39 is 12.0 Å². The molecular formula is C12H12N4O4. The van der Waals surface area contributed by atoms with Crippen molar-refractivity contribution in [2.75, 3.05) is 0 Å². The maximum absolute atomic E-state index is 11.5. The molecule has 8 nitrogen and oxygen atoms in total. The van der Waals surface area contributed by atoms with Gasteiger partial charge in [0.2, 0.25) is 12.1 Å². The SMILES string of the molecule is O=C(O)C[n+]1cc([N-]C(=O)NCc2ccccc2)on1. The molecule has 1 aromatic heterocycles. The molecule has 0 saturated heterocycles. The van der Waals surface area contributed by atoms with E-state index in [1.165, 1.54) is 6.20 Å². The summed E-state index contributed by atoms with van der Waals surface area (Å²) in [6.07, 6.45) is 1.23. The van der Waals surface area contributed by atoms with Crippen molar-refractivity contribution in [3.05, 3.63) is 47.4 Å². The van der Waals surface area contributed by atoms with Crippen LogP contribution in [0, 0.1) is 0 Å². The van der Waals surface area contributed by atoms with E-state index in [0.29, 0.717) is 6.54 Å². The quantitative estimate of drug-likeness (QED) is 0.790. The normalized spacial score (nSPS) is 10.0. The molecule has 0 radical (unpaired) electrons. The van der Waals surface area contributed by atoms with Gasteiger partial charge in [-0.05, 0) is 16.8 Å². The Hall–Kier alpha value is -2.90. The van der Waals surface area contributed by atoms with Gasteiger partial charge in [0.25, 0.3) is 6.54 Å². The number of carboxylic acids is 1. The van der Waals surface area contributed by atoms with Gasteiger partial charge in [0, 0.05) is 0 Å². The average molecular weight is 276 g/mol. The summed E-state index contributed by atoms with van der Waals surface area (Å²) in [6.45, 7) is -0.0168. The summed E-state index contributed by atoms with van der Waals surface area (Å²) in [4.78, 5) is 22.0. The summed E-state index contributed by atoms with van der Waals surface area (Å²) >= 11 is 0. The number of benzene rings is 1. The molecule has 2 amide bonds. The van der Waals surface area contributed by atoms with E-state index in [2.05, 4.69) is 15.9 Å². The van der Waals surface area contributed by atoms with E-state index in [1.807, 2.05) is 30.3 Å². The van der Waals surface area contributed by atoms with Crippen molar-refractivity contribution in [3.63, 3.8) is 0 Å². The average Bonchev–Trinajstić information content (AvgIpc) is 2.84. The van der Waals surface area contributed by atoms with Crippen LogP contribution in [0.15, 0.2) is 41.1 Å². The van der Waals surface area contributed by atoms with Gasteiger partial charge in [-0.3, -0.25) is 4.79 Å². The number of nitrogens with one attached hydrogen (secondary N) is 1. The molecule has 0 fully saturated rings. The maximum atomic E-state index is 11.5. The number of hydrogen-bond donors (Lipinski definition) is 2. The van der Waals surface area contributed by atoms with Crippen molar-refractivity contribution >= 4 is 17.9 Å². The molecule has 2 rings (SSSR count). The number of hydrogen-bond acceptors (Lipinski definition) is 4. The van der Waals surface area contributed by atoms with Crippen LogP contribution in [-0.4, -0.2) is 22.4 Å². The molecule has 0 aliphatic heterocycles. The Labute approximate surface area is 114 Å². The number of carbonyl (C=O) groups excluding carboxylic acids is 1. The Morgan fingerprint density at radius 2 is 2.10 bits per heavy atom. The lowest BCUT2D eigenvalue weighted by Gasteiger charge is -2.12. The van der Waals surface area contributed by atoms with Crippen LogP contribution in [0.1, 0.15) is 5.56 Å². The van der Waals surface area contributed by atoms with E-state index in [-0.39, 0.29) is 12.4 Å². The highest BCUT2D eigenvalue weighted by Crippen LogP contribution is 2.13. The summed E-state index contributed by atoms with van der Waals surface area (Å²) in [5.74, 6) is -1.12. The van der Waals surface area contributed by atoms with Crippen molar-refractivity contribution in [2.45, 2.75) is 13.1 Å². The number of aliphatic carboxylic acids is 1. The molecule has 0 bridgehead atoms. The summed E-state index contributed by atoms with van der Waals surface area (Å²) in [6, 6.07) is 8.76. The summed E-state index contributed by atoms with van der Waals surface area (Å²) in [5, 5.41) is 18.2. The van der Waals surface area contributed by atoms with Crippen molar-refractivity contribution in [2.24, 2.45) is 0 Å². The molecule has 0 atom stereocenters. The van der Waals surface area contributed by atoms with Crippen molar-refractivity contribution in [1.82, 2.24) is 10.6 Å². The Morgan fingerprint density at radius 3 is 2.80 bits per heavy atom. The zero-order chi connectivity index (χ0) is 14.4. The van der Waals surface area contributed by atoms with Gasteiger partial charge in [0.1, 0.15) is 0 Å². The molecule has 0 aliphatic rings. The van der Waals surface area contributed by atoms with Crippen LogP contribution in [0.4, 0.5) is 10.7 Å². The number of carbonyl (C=O) groups is 2. The first-order valence-corrected chi connectivity index (χ1v) is 5.75. The topological polar surface area (TPSA) is 110 Å². The Kier molecular flexibility index (Phi) is 4.28. The van der Waals surface area contributed by atoms with Crippen LogP contribution in [0.25, 0.3) is 5.32 Å².